The summed E-state index contributed by atoms with van der Waals surface area (Å²) in [6.45, 7) is -0.227. The minimum Gasteiger partial charge on any atom is -0.326 e. The molecule has 1 aromatic rings. The number of nitrogens with zero attached hydrogens (tertiary/aromatic N) is 1. The normalized spacial score (nSPS) is 12.1. The average Bonchev–Trinajstić information content (AvgIpc) is 2.15. The lowest BCUT2D eigenvalue weighted by Crippen LogP contribution is -2.08. The van der Waals surface area contributed by atoms with Gasteiger partial charge in [-0.25, -0.2) is 17.2 Å². The van der Waals surface area contributed by atoms with E-state index in [1.165, 1.54) is 0 Å². The molecule has 1 aromatic heterocycles. The van der Waals surface area contributed by atoms with Crippen LogP contribution < -0.4 is 5.73 Å². The largest absolute Gasteiger partial charge is 0.326 e. The Bertz CT molecular complexity index is 464. The van der Waals surface area contributed by atoms with Gasteiger partial charge in [-0.2, -0.15) is 0 Å². The first-order valence-corrected chi connectivity index (χ1v) is 6.08. The van der Waals surface area contributed by atoms with E-state index in [0.717, 1.165) is 12.4 Å². The minimum atomic E-state index is -4.25. The van der Waals surface area contributed by atoms with Crippen LogP contribution in [0.5, 0.6) is 0 Å². The summed E-state index contributed by atoms with van der Waals surface area (Å²) < 4.78 is 47.1. The van der Waals surface area contributed by atoms with Gasteiger partial charge in [0.15, 0.2) is 0 Å². The Morgan fingerprint density at radius 1 is 1.47 bits per heavy atom. The van der Waals surface area contributed by atoms with Crippen molar-refractivity contribution in [3.8, 4) is 0 Å². The number of hydrogen-bond acceptors (Lipinski definition) is 4. The average molecular weight is 257 g/mol. The molecule has 0 amide bonds. The van der Waals surface area contributed by atoms with Gasteiger partial charge in [0.1, 0.15) is 0 Å². The van der Waals surface area contributed by atoms with Gasteiger partial charge < -0.3 is 5.73 Å². The summed E-state index contributed by atoms with van der Waals surface area (Å²) in [7, 11) is 0.798. The maximum absolute atomic E-state index is 12.5. The second kappa shape index (κ2) is 4.38. The van der Waals surface area contributed by atoms with E-state index in [0.29, 0.717) is 0 Å². The van der Waals surface area contributed by atoms with Crippen molar-refractivity contribution < 1.29 is 17.2 Å². The SMILES string of the molecule is NCc1cncc(C(F)F)c1S(=O)(=O)Cl. The monoisotopic (exact) mass is 256 g/mol. The first kappa shape index (κ1) is 12.3. The number of halogens is 3. The van der Waals surface area contributed by atoms with Crippen LogP contribution in [0, 0.1) is 0 Å². The van der Waals surface area contributed by atoms with Crippen LogP contribution in [0.1, 0.15) is 17.6 Å². The van der Waals surface area contributed by atoms with Crippen molar-refractivity contribution in [2.24, 2.45) is 5.73 Å². The first-order chi connectivity index (χ1) is 6.88. The van der Waals surface area contributed by atoms with E-state index < -0.39 is 25.9 Å². The van der Waals surface area contributed by atoms with Crippen LogP contribution in [0.15, 0.2) is 17.3 Å². The van der Waals surface area contributed by atoms with Crippen LogP contribution in [0.3, 0.4) is 0 Å². The van der Waals surface area contributed by atoms with Crippen LogP contribution in [0.25, 0.3) is 0 Å². The minimum absolute atomic E-state index is 0.0252. The zero-order chi connectivity index (χ0) is 11.6. The Morgan fingerprint density at radius 3 is 2.47 bits per heavy atom. The van der Waals surface area contributed by atoms with Gasteiger partial charge >= 0.3 is 0 Å². The van der Waals surface area contributed by atoms with Crippen LogP contribution in [0.2, 0.25) is 0 Å². The van der Waals surface area contributed by atoms with Crippen molar-refractivity contribution in [2.75, 3.05) is 0 Å². The van der Waals surface area contributed by atoms with Gasteiger partial charge in [-0.3, -0.25) is 4.98 Å². The summed E-state index contributed by atoms with van der Waals surface area (Å²) >= 11 is 0. The molecule has 0 radical (unpaired) electrons. The smallest absolute Gasteiger partial charge is 0.266 e. The standard InChI is InChI=1S/C7H7ClF2N2O2S/c8-15(13,14)6-4(1-11)2-12-3-5(6)7(9)10/h2-3,7H,1,11H2. The van der Waals surface area contributed by atoms with Crippen molar-refractivity contribution in [2.45, 2.75) is 17.9 Å². The molecule has 4 nitrogen and oxygen atoms in total. The molecule has 0 aromatic carbocycles. The number of alkyl halides is 2. The first-order valence-electron chi connectivity index (χ1n) is 3.77. The van der Waals surface area contributed by atoms with Gasteiger partial charge in [0, 0.05) is 35.2 Å². The molecule has 0 saturated carbocycles. The fourth-order valence-electron chi connectivity index (χ4n) is 1.11. The van der Waals surface area contributed by atoms with Crippen LogP contribution >= 0.6 is 10.7 Å². The Balaban J connectivity index is 3.55. The van der Waals surface area contributed by atoms with Crippen LogP contribution in [-0.2, 0) is 15.6 Å². The molecule has 2 N–H and O–H groups in total. The molecule has 8 heteroatoms. The second-order valence-corrected chi connectivity index (χ2v) is 5.16. The number of rotatable bonds is 3. The highest BCUT2D eigenvalue weighted by atomic mass is 35.7. The Labute approximate surface area is 89.5 Å². The summed E-state index contributed by atoms with van der Waals surface area (Å²) in [5.41, 5.74) is 4.45. The third kappa shape index (κ3) is 2.61. The molecule has 0 atom stereocenters. The molecule has 0 fully saturated rings. The Hall–Kier alpha value is -0.790. The van der Waals surface area contributed by atoms with Gasteiger partial charge in [-0.1, -0.05) is 0 Å². The van der Waals surface area contributed by atoms with Gasteiger partial charge in [-0.15, -0.1) is 0 Å². The third-order valence-electron chi connectivity index (χ3n) is 1.70. The van der Waals surface area contributed by atoms with E-state index in [1.54, 1.807) is 0 Å². The molecule has 0 saturated heterocycles. The van der Waals surface area contributed by atoms with Crippen LogP contribution in [0.4, 0.5) is 8.78 Å². The molecule has 84 valence electrons. The summed E-state index contributed by atoms with van der Waals surface area (Å²) in [4.78, 5) is 2.83. The highest BCUT2D eigenvalue weighted by molar-refractivity contribution is 8.13. The molecule has 0 spiro atoms. The molecule has 0 aliphatic heterocycles. The molecule has 0 unspecified atom stereocenters. The fraction of sp³-hybridized carbons (Fsp3) is 0.286. The zero-order valence-electron chi connectivity index (χ0n) is 7.32. The van der Waals surface area contributed by atoms with E-state index in [9.17, 15) is 17.2 Å². The van der Waals surface area contributed by atoms with E-state index >= 15 is 0 Å². The van der Waals surface area contributed by atoms with E-state index in [2.05, 4.69) is 4.98 Å². The van der Waals surface area contributed by atoms with Crippen molar-refractivity contribution in [3.05, 3.63) is 23.5 Å². The molecule has 1 heterocycles. The van der Waals surface area contributed by atoms with Crippen LogP contribution in [-0.4, -0.2) is 13.4 Å². The lowest BCUT2D eigenvalue weighted by atomic mass is 10.2. The lowest BCUT2D eigenvalue weighted by Gasteiger charge is -2.09. The second-order valence-electron chi connectivity index (χ2n) is 2.66. The summed E-state index contributed by atoms with van der Waals surface area (Å²) in [6, 6.07) is 0. The summed E-state index contributed by atoms with van der Waals surface area (Å²) in [5.74, 6) is 0. The molecule has 1 rings (SSSR count). The molecular weight excluding hydrogens is 250 g/mol. The topological polar surface area (TPSA) is 73.0 Å². The number of nitrogens with two attached hydrogens (primary N) is 1. The highest BCUT2D eigenvalue weighted by Crippen LogP contribution is 2.30. The summed E-state index contributed by atoms with van der Waals surface area (Å²) in [5, 5.41) is 0. The van der Waals surface area contributed by atoms with Crippen molar-refractivity contribution in [1.29, 1.82) is 0 Å². The Morgan fingerprint density at radius 2 is 2.07 bits per heavy atom. The molecule has 0 aliphatic carbocycles. The highest BCUT2D eigenvalue weighted by Gasteiger charge is 2.25. The van der Waals surface area contributed by atoms with E-state index in [1.807, 2.05) is 0 Å². The fourth-order valence-corrected chi connectivity index (χ4v) is 2.55. The Kier molecular flexibility index (Phi) is 3.58. The van der Waals surface area contributed by atoms with Gasteiger partial charge in [-0.05, 0) is 0 Å². The maximum Gasteiger partial charge on any atom is 0.266 e. The zero-order valence-corrected chi connectivity index (χ0v) is 8.89. The predicted molar refractivity (Wildman–Crippen MR) is 50.1 cm³/mol. The predicted octanol–water partition coefficient (Wildman–Crippen LogP) is 1.41. The lowest BCUT2D eigenvalue weighted by molar-refractivity contribution is 0.147. The summed E-state index contributed by atoms with van der Waals surface area (Å²) in [6.07, 6.45) is -1.10. The quantitative estimate of drug-likeness (QED) is 0.830. The number of hydrogen-bond donors (Lipinski definition) is 1. The van der Waals surface area contributed by atoms with E-state index in [4.69, 9.17) is 16.4 Å². The van der Waals surface area contributed by atoms with Gasteiger partial charge in [0.2, 0.25) is 0 Å². The van der Waals surface area contributed by atoms with Crippen molar-refractivity contribution in [3.63, 3.8) is 0 Å². The van der Waals surface area contributed by atoms with Crippen molar-refractivity contribution in [1.82, 2.24) is 4.98 Å². The molecule has 0 aliphatic rings. The molecule has 0 bridgehead atoms. The maximum atomic E-state index is 12.5. The molecule has 15 heavy (non-hydrogen) atoms. The number of aromatic nitrogens is 1. The van der Waals surface area contributed by atoms with Gasteiger partial charge in [0.05, 0.1) is 10.5 Å². The third-order valence-corrected chi connectivity index (χ3v) is 3.15. The molecular formula is C7H7ClF2N2O2S. The van der Waals surface area contributed by atoms with E-state index in [-0.39, 0.29) is 12.1 Å². The van der Waals surface area contributed by atoms with Crippen molar-refractivity contribution >= 4 is 19.7 Å². The number of pyridine rings is 1. The van der Waals surface area contributed by atoms with Gasteiger partial charge in [0.25, 0.3) is 15.5 Å².